The quantitative estimate of drug-likeness (QED) is 0.875. The van der Waals surface area contributed by atoms with E-state index in [9.17, 15) is 4.79 Å². The molecule has 0 spiro atoms. The second-order valence-electron chi connectivity index (χ2n) is 4.76. The van der Waals surface area contributed by atoms with Gasteiger partial charge in [-0.05, 0) is 52.7 Å². The van der Waals surface area contributed by atoms with Crippen molar-refractivity contribution in [1.82, 2.24) is 9.88 Å². The normalized spacial score (nSPS) is 10.8. The third kappa shape index (κ3) is 3.52. The number of carbonyl (C=O) groups excluding carboxylic acids is 1. The molecule has 1 rings (SSSR count). The van der Waals surface area contributed by atoms with E-state index >= 15 is 0 Å². The molecule has 1 amide bonds. The fraction of sp³-hybridized carbons (Fsp3) is 0.643. The Morgan fingerprint density at radius 2 is 2.11 bits per heavy atom. The van der Waals surface area contributed by atoms with Crippen LogP contribution in [-0.4, -0.2) is 23.8 Å². The molecule has 1 aromatic rings. The highest BCUT2D eigenvalue weighted by molar-refractivity contribution is 5.67. The lowest BCUT2D eigenvalue weighted by molar-refractivity contribution is 0.152. The predicted octanol–water partition coefficient (Wildman–Crippen LogP) is 2.97. The van der Waals surface area contributed by atoms with Crippen molar-refractivity contribution in [3.05, 3.63) is 23.0 Å². The van der Waals surface area contributed by atoms with Crippen molar-refractivity contribution in [2.24, 2.45) is 0 Å². The van der Waals surface area contributed by atoms with E-state index in [1.54, 1.807) is 6.92 Å². The number of nitrogens with one attached hydrogen (secondary N) is 1. The molecule has 0 saturated heterocycles. The predicted molar refractivity (Wildman–Crippen MR) is 73.0 cm³/mol. The molecule has 0 aliphatic carbocycles. The van der Waals surface area contributed by atoms with Crippen molar-refractivity contribution in [1.29, 1.82) is 0 Å². The third-order valence-electron chi connectivity index (χ3n) is 3.04. The van der Waals surface area contributed by atoms with Crippen LogP contribution in [0.5, 0.6) is 0 Å². The fourth-order valence-electron chi connectivity index (χ4n) is 2.37. The second-order valence-corrected chi connectivity index (χ2v) is 4.76. The van der Waals surface area contributed by atoms with Crippen molar-refractivity contribution < 1.29 is 9.53 Å². The maximum absolute atomic E-state index is 11.2. The first-order valence-electron chi connectivity index (χ1n) is 6.55. The molecular weight excluding hydrogens is 228 g/mol. The van der Waals surface area contributed by atoms with E-state index < -0.39 is 0 Å². The molecule has 18 heavy (non-hydrogen) atoms. The van der Waals surface area contributed by atoms with E-state index in [1.807, 2.05) is 0 Å². The number of carbonyl (C=O) groups is 1. The average molecular weight is 252 g/mol. The summed E-state index contributed by atoms with van der Waals surface area (Å²) in [5.41, 5.74) is 3.85. The molecule has 0 saturated carbocycles. The summed E-state index contributed by atoms with van der Waals surface area (Å²) >= 11 is 0. The van der Waals surface area contributed by atoms with Crippen LogP contribution >= 0.6 is 0 Å². The Morgan fingerprint density at radius 1 is 1.44 bits per heavy atom. The minimum Gasteiger partial charge on any atom is -0.450 e. The standard InChI is InChI=1S/C14H24N2O2/c1-6-18-14(17)15-8-7-13-9-11(4)16(10(2)3)12(13)5/h9-10H,6-8H2,1-5H3,(H,15,17). The molecule has 0 atom stereocenters. The van der Waals surface area contributed by atoms with Crippen LogP contribution in [0, 0.1) is 13.8 Å². The van der Waals surface area contributed by atoms with E-state index in [4.69, 9.17) is 4.74 Å². The fourth-order valence-corrected chi connectivity index (χ4v) is 2.37. The topological polar surface area (TPSA) is 43.3 Å². The highest BCUT2D eigenvalue weighted by Crippen LogP contribution is 2.20. The zero-order valence-corrected chi connectivity index (χ0v) is 12.0. The summed E-state index contributed by atoms with van der Waals surface area (Å²) < 4.78 is 7.14. The number of alkyl carbamates (subject to hydrolysis) is 1. The number of rotatable bonds is 5. The highest BCUT2D eigenvalue weighted by Gasteiger charge is 2.11. The summed E-state index contributed by atoms with van der Waals surface area (Å²) in [6.45, 7) is 11.4. The van der Waals surface area contributed by atoms with Gasteiger partial charge in [-0.1, -0.05) is 0 Å². The molecule has 1 heterocycles. The highest BCUT2D eigenvalue weighted by atomic mass is 16.5. The van der Waals surface area contributed by atoms with E-state index in [-0.39, 0.29) is 6.09 Å². The first kappa shape index (κ1) is 14.6. The van der Waals surface area contributed by atoms with Crippen LogP contribution in [0.2, 0.25) is 0 Å². The molecule has 1 aromatic heterocycles. The van der Waals surface area contributed by atoms with Crippen LogP contribution in [0.25, 0.3) is 0 Å². The number of hydrogen-bond donors (Lipinski definition) is 1. The van der Waals surface area contributed by atoms with Crippen LogP contribution in [0.3, 0.4) is 0 Å². The van der Waals surface area contributed by atoms with Crippen LogP contribution in [0.15, 0.2) is 6.07 Å². The summed E-state index contributed by atoms with van der Waals surface area (Å²) in [5.74, 6) is 0. The van der Waals surface area contributed by atoms with Gasteiger partial charge in [0.1, 0.15) is 0 Å². The van der Waals surface area contributed by atoms with Crippen LogP contribution < -0.4 is 5.32 Å². The largest absolute Gasteiger partial charge is 0.450 e. The Bertz CT molecular complexity index is 408. The molecule has 0 aliphatic heterocycles. The van der Waals surface area contributed by atoms with Gasteiger partial charge in [-0.3, -0.25) is 0 Å². The molecular formula is C14H24N2O2. The summed E-state index contributed by atoms with van der Waals surface area (Å²) in [5, 5.41) is 2.75. The second kappa shape index (κ2) is 6.47. The van der Waals surface area contributed by atoms with Gasteiger partial charge in [0.05, 0.1) is 6.61 Å². The Balaban J connectivity index is 2.58. The first-order chi connectivity index (χ1) is 8.47. The Morgan fingerprint density at radius 3 is 2.61 bits per heavy atom. The molecule has 0 aromatic carbocycles. The van der Waals surface area contributed by atoms with Crippen molar-refractivity contribution in [3.8, 4) is 0 Å². The zero-order chi connectivity index (χ0) is 13.7. The van der Waals surface area contributed by atoms with E-state index in [0.29, 0.717) is 19.2 Å². The van der Waals surface area contributed by atoms with Gasteiger partial charge in [0.25, 0.3) is 0 Å². The summed E-state index contributed by atoms with van der Waals surface area (Å²) in [4.78, 5) is 11.2. The number of aryl methyl sites for hydroxylation is 1. The van der Waals surface area contributed by atoms with Gasteiger partial charge in [-0.15, -0.1) is 0 Å². The van der Waals surface area contributed by atoms with E-state index in [1.165, 1.54) is 17.0 Å². The molecule has 0 radical (unpaired) electrons. The molecule has 0 unspecified atom stereocenters. The summed E-state index contributed by atoms with van der Waals surface area (Å²) in [6, 6.07) is 2.67. The summed E-state index contributed by atoms with van der Waals surface area (Å²) in [7, 11) is 0. The lowest BCUT2D eigenvalue weighted by atomic mass is 10.2. The number of hydrogen-bond acceptors (Lipinski definition) is 2. The number of nitrogens with zero attached hydrogens (tertiary/aromatic N) is 1. The SMILES string of the molecule is CCOC(=O)NCCc1cc(C)n(C(C)C)c1C. The minimum absolute atomic E-state index is 0.338. The van der Waals surface area contributed by atoms with Crippen molar-refractivity contribution >= 4 is 6.09 Å². The van der Waals surface area contributed by atoms with Gasteiger partial charge in [0, 0.05) is 24.0 Å². The van der Waals surface area contributed by atoms with Gasteiger partial charge in [-0.25, -0.2) is 4.79 Å². The smallest absolute Gasteiger partial charge is 0.407 e. The van der Waals surface area contributed by atoms with Crippen LogP contribution in [-0.2, 0) is 11.2 Å². The van der Waals surface area contributed by atoms with Gasteiger partial charge in [0.2, 0.25) is 0 Å². The molecule has 4 nitrogen and oxygen atoms in total. The monoisotopic (exact) mass is 252 g/mol. The van der Waals surface area contributed by atoms with Crippen molar-refractivity contribution in [3.63, 3.8) is 0 Å². The van der Waals surface area contributed by atoms with E-state index in [2.05, 4.69) is 43.6 Å². The van der Waals surface area contributed by atoms with Gasteiger partial charge < -0.3 is 14.6 Å². The molecule has 102 valence electrons. The van der Waals surface area contributed by atoms with Crippen LogP contribution in [0.1, 0.15) is 43.8 Å². The molecule has 0 fully saturated rings. The van der Waals surface area contributed by atoms with Gasteiger partial charge >= 0.3 is 6.09 Å². The maximum atomic E-state index is 11.2. The summed E-state index contributed by atoms with van der Waals surface area (Å²) in [6.07, 6.45) is 0.501. The van der Waals surface area contributed by atoms with Crippen molar-refractivity contribution in [2.75, 3.05) is 13.2 Å². The Hall–Kier alpha value is -1.45. The third-order valence-corrected chi connectivity index (χ3v) is 3.04. The zero-order valence-electron chi connectivity index (χ0n) is 12.0. The lowest BCUT2D eigenvalue weighted by Gasteiger charge is -2.13. The maximum Gasteiger partial charge on any atom is 0.407 e. The van der Waals surface area contributed by atoms with Crippen molar-refractivity contribution in [2.45, 2.75) is 47.1 Å². The Labute approximate surface area is 109 Å². The number of aromatic nitrogens is 1. The molecule has 4 heteroatoms. The first-order valence-corrected chi connectivity index (χ1v) is 6.55. The average Bonchev–Trinajstić information content (AvgIpc) is 2.54. The number of amides is 1. The lowest BCUT2D eigenvalue weighted by Crippen LogP contribution is -2.26. The molecule has 1 N–H and O–H groups in total. The van der Waals surface area contributed by atoms with Gasteiger partial charge in [-0.2, -0.15) is 0 Å². The Kier molecular flexibility index (Phi) is 5.25. The molecule has 0 bridgehead atoms. The van der Waals surface area contributed by atoms with Crippen LogP contribution in [0.4, 0.5) is 4.79 Å². The van der Waals surface area contributed by atoms with E-state index in [0.717, 1.165) is 6.42 Å². The minimum atomic E-state index is -0.338. The molecule has 0 aliphatic rings. The van der Waals surface area contributed by atoms with Gasteiger partial charge in [0.15, 0.2) is 0 Å². The number of ether oxygens (including phenoxy) is 1.